The smallest absolute Gasteiger partial charge is 0.410 e. The maximum absolute atomic E-state index is 12.4. The number of carbonyl (C=O) groups is 1. The van der Waals surface area contributed by atoms with Gasteiger partial charge in [-0.1, -0.05) is 12.1 Å². The molecule has 0 spiro atoms. The van der Waals surface area contributed by atoms with Crippen LogP contribution in [0.4, 0.5) is 4.79 Å². The molecule has 0 unspecified atom stereocenters. The Bertz CT molecular complexity index is 1150. The minimum atomic E-state index is -3.23. The molecule has 1 aromatic heterocycles. The predicted octanol–water partition coefficient (Wildman–Crippen LogP) is 4.49. The Kier molecular flexibility index (Phi) is 5.93. The molecule has 0 saturated carbocycles. The molecule has 1 aromatic carbocycles. The summed E-state index contributed by atoms with van der Waals surface area (Å²) in [5.41, 5.74) is 1.92. The Morgan fingerprint density at radius 3 is 2.39 bits per heavy atom. The van der Waals surface area contributed by atoms with Crippen molar-refractivity contribution in [3.63, 3.8) is 0 Å². The van der Waals surface area contributed by atoms with E-state index >= 15 is 0 Å². The number of hydrogen-bond acceptors (Lipinski definition) is 6. The SMILES string of the molecule is CC(C)(C)OC(=O)N1CCC([C@@]2(C)Cc3cc(-c4ccc(S(C)(=O)=O)cc4)ncc3O2)CC1. The van der Waals surface area contributed by atoms with Crippen molar-refractivity contribution >= 4 is 15.9 Å². The second kappa shape index (κ2) is 8.31. The molecule has 0 aliphatic carbocycles. The highest BCUT2D eigenvalue weighted by molar-refractivity contribution is 7.90. The van der Waals surface area contributed by atoms with Crippen LogP contribution in [0, 0.1) is 5.92 Å². The van der Waals surface area contributed by atoms with Crippen LogP contribution in [-0.2, 0) is 21.0 Å². The first-order valence-corrected chi connectivity index (χ1v) is 13.2. The van der Waals surface area contributed by atoms with Crippen molar-refractivity contribution in [1.82, 2.24) is 9.88 Å². The summed E-state index contributed by atoms with van der Waals surface area (Å²) in [5, 5.41) is 0. The topological polar surface area (TPSA) is 85.8 Å². The van der Waals surface area contributed by atoms with Crippen molar-refractivity contribution in [1.29, 1.82) is 0 Å². The van der Waals surface area contributed by atoms with Gasteiger partial charge in [0.2, 0.25) is 0 Å². The van der Waals surface area contributed by atoms with Crippen molar-refractivity contribution < 1.29 is 22.7 Å². The highest BCUT2D eigenvalue weighted by Crippen LogP contribution is 2.43. The van der Waals surface area contributed by atoms with E-state index < -0.39 is 15.4 Å². The third kappa shape index (κ3) is 5.16. The molecule has 7 nitrogen and oxygen atoms in total. The van der Waals surface area contributed by atoms with Crippen LogP contribution in [0.2, 0.25) is 0 Å². The second-order valence-electron chi connectivity index (χ2n) is 10.3. The summed E-state index contributed by atoms with van der Waals surface area (Å²) in [6.07, 6.45) is 5.20. The number of amides is 1. The van der Waals surface area contributed by atoms with Crippen LogP contribution in [0.3, 0.4) is 0 Å². The average molecular weight is 473 g/mol. The molecule has 0 bridgehead atoms. The van der Waals surface area contributed by atoms with Crippen molar-refractivity contribution in [3.8, 4) is 17.0 Å². The normalized spacial score (nSPS) is 21.4. The van der Waals surface area contributed by atoms with Gasteiger partial charge in [-0.3, -0.25) is 4.98 Å². The zero-order valence-electron chi connectivity index (χ0n) is 19.9. The number of sulfone groups is 1. The van der Waals surface area contributed by atoms with E-state index in [-0.39, 0.29) is 11.7 Å². The molecule has 0 radical (unpaired) electrons. The summed E-state index contributed by atoms with van der Waals surface area (Å²) in [5.74, 6) is 1.12. The number of aromatic nitrogens is 1. The number of rotatable bonds is 3. The standard InChI is InChI=1S/C25H32N2O5S/c1-24(2,3)32-23(28)27-12-10-19(11-13-27)25(4)15-18-14-21(26-16-22(18)31-25)17-6-8-20(9-7-17)33(5,29)30/h6-9,14,16,19H,10-13,15H2,1-5H3/t25-/m1/s1. The van der Waals surface area contributed by atoms with Crippen LogP contribution in [0.5, 0.6) is 5.75 Å². The van der Waals surface area contributed by atoms with E-state index in [0.29, 0.717) is 23.9 Å². The van der Waals surface area contributed by atoms with E-state index in [1.807, 2.05) is 26.8 Å². The largest absolute Gasteiger partial charge is 0.485 e. The number of nitrogens with zero attached hydrogens (tertiary/aromatic N) is 2. The fourth-order valence-corrected chi connectivity index (χ4v) is 5.27. The number of pyridine rings is 1. The summed E-state index contributed by atoms with van der Waals surface area (Å²) >= 11 is 0. The van der Waals surface area contributed by atoms with Gasteiger partial charge in [0.1, 0.15) is 17.0 Å². The molecule has 178 valence electrons. The zero-order valence-corrected chi connectivity index (χ0v) is 20.7. The lowest BCUT2D eigenvalue weighted by Crippen LogP contribution is -2.48. The first-order chi connectivity index (χ1) is 15.3. The van der Waals surface area contributed by atoms with Crippen LogP contribution < -0.4 is 4.74 Å². The Morgan fingerprint density at radius 1 is 1.18 bits per heavy atom. The van der Waals surface area contributed by atoms with Crippen LogP contribution >= 0.6 is 0 Å². The molecule has 4 rings (SSSR count). The van der Waals surface area contributed by atoms with Crippen LogP contribution in [0.15, 0.2) is 41.4 Å². The summed E-state index contributed by atoms with van der Waals surface area (Å²) in [6, 6.07) is 8.82. The predicted molar refractivity (Wildman–Crippen MR) is 126 cm³/mol. The minimum Gasteiger partial charge on any atom is -0.485 e. The fraction of sp³-hybridized carbons (Fsp3) is 0.520. The van der Waals surface area contributed by atoms with Gasteiger partial charge < -0.3 is 14.4 Å². The van der Waals surface area contributed by atoms with Gasteiger partial charge in [0.25, 0.3) is 0 Å². The van der Waals surface area contributed by atoms with Crippen molar-refractivity contribution in [2.24, 2.45) is 5.92 Å². The number of benzene rings is 1. The average Bonchev–Trinajstić information content (AvgIpc) is 3.08. The first kappa shape index (κ1) is 23.5. The Hall–Kier alpha value is -2.61. The Balaban J connectivity index is 1.43. The number of likely N-dealkylation sites (tertiary alicyclic amines) is 1. The molecule has 2 aliphatic rings. The molecule has 33 heavy (non-hydrogen) atoms. The van der Waals surface area contributed by atoms with E-state index in [4.69, 9.17) is 9.47 Å². The maximum Gasteiger partial charge on any atom is 0.410 e. The minimum absolute atomic E-state index is 0.252. The van der Waals surface area contributed by atoms with Gasteiger partial charge >= 0.3 is 6.09 Å². The second-order valence-corrected chi connectivity index (χ2v) is 12.3. The summed E-state index contributed by atoms with van der Waals surface area (Å²) in [7, 11) is -3.23. The number of ether oxygens (including phenoxy) is 2. The van der Waals surface area contributed by atoms with E-state index in [9.17, 15) is 13.2 Å². The number of carbonyl (C=O) groups excluding carboxylic acids is 1. The Morgan fingerprint density at radius 2 is 1.82 bits per heavy atom. The zero-order chi connectivity index (χ0) is 24.0. The highest BCUT2D eigenvalue weighted by Gasteiger charge is 2.44. The third-order valence-corrected chi connectivity index (χ3v) is 7.55. The monoisotopic (exact) mass is 472 g/mol. The molecule has 1 amide bonds. The Labute approximate surface area is 196 Å². The molecule has 3 heterocycles. The quantitative estimate of drug-likeness (QED) is 0.654. The van der Waals surface area contributed by atoms with E-state index in [1.54, 1.807) is 35.4 Å². The van der Waals surface area contributed by atoms with E-state index in [2.05, 4.69) is 11.9 Å². The van der Waals surface area contributed by atoms with Gasteiger partial charge in [0.15, 0.2) is 9.84 Å². The molecule has 1 saturated heterocycles. The van der Waals surface area contributed by atoms with Gasteiger partial charge in [-0.25, -0.2) is 13.2 Å². The van der Waals surface area contributed by atoms with Crippen molar-refractivity contribution in [3.05, 3.63) is 42.1 Å². The molecular formula is C25H32N2O5S. The molecule has 8 heteroatoms. The van der Waals surface area contributed by atoms with Crippen molar-refractivity contribution in [2.45, 2.75) is 63.1 Å². The molecule has 1 fully saturated rings. The van der Waals surface area contributed by atoms with Crippen molar-refractivity contribution in [2.75, 3.05) is 19.3 Å². The van der Waals surface area contributed by atoms with Gasteiger partial charge in [-0.15, -0.1) is 0 Å². The third-order valence-electron chi connectivity index (χ3n) is 6.42. The lowest BCUT2D eigenvalue weighted by molar-refractivity contribution is -0.00829. The van der Waals surface area contributed by atoms with Gasteiger partial charge in [0.05, 0.1) is 16.8 Å². The number of piperidine rings is 1. The van der Waals surface area contributed by atoms with Crippen LogP contribution in [0.25, 0.3) is 11.3 Å². The highest BCUT2D eigenvalue weighted by atomic mass is 32.2. The van der Waals surface area contributed by atoms with Gasteiger partial charge in [-0.2, -0.15) is 0 Å². The molecule has 0 N–H and O–H groups in total. The molecule has 2 aromatic rings. The molecule has 2 aliphatic heterocycles. The van der Waals surface area contributed by atoms with Gasteiger partial charge in [0, 0.05) is 42.8 Å². The van der Waals surface area contributed by atoms with Gasteiger partial charge in [-0.05, 0) is 58.7 Å². The molecular weight excluding hydrogens is 440 g/mol. The summed E-state index contributed by atoms with van der Waals surface area (Å²) < 4.78 is 35.3. The molecule has 1 atom stereocenters. The van der Waals surface area contributed by atoms with Crippen LogP contribution in [0.1, 0.15) is 46.1 Å². The number of fused-ring (bicyclic) bond motifs is 1. The lowest BCUT2D eigenvalue weighted by atomic mass is 9.79. The summed E-state index contributed by atoms with van der Waals surface area (Å²) in [6.45, 7) is 9.09. The van der Waals surface area contributed by atoms with E-state index in [1.165, 1.54) is 6.26 Å². The lowest BCUT2D eigenvalue weighted by Gasteiger charge is -2.40. The first-order valence-electron chi connectivity index (χ1n) is 11.3. The summed E-state index contributed by atoms with van der Waals surface area (Å²) in [4.78, 5) is 19.0. The maximum atomic E-state index is 12.4. The van der Waals surface area contributed by atoms with Crippen LogP contribution in [-0.4, -0.2) is 54.9 Å². The van der Waals surface area contributed by atoms with E-state index in [0.717, 1.165) is 41.8 Å². The fourth-order valence-electron chi connectivity index (χ4n) is 4.64. The number of hydrogen-bond donors (Lipinski definition) is 0.